The first-order valence-corrected chi connectivity index (χ1v) is 12.1. The van der Waals surface area contributed by atoms with Crippen molar-refractivity contribution < 1.29 is 40.5 Å². The topological polar surface area (TPSA) is 107 Å². The number of nitrogens with one attached hydrogen (secondary N) is 2. The third-order valence-electron chi connectivity index (χ3n) is 6.55. The molecule has 1 radical (unpaired) electrons. The molecule has 0 saturated heterocycles. The van der Waals surface area contributed by atoms with Crippen LogP contribution in [0, 0.1) is 16.6 Å². The minimum Gasteiger partial charge on any atom is -0.497 e. The number of esters is 1. The molecule has 1 atom stereocenters. The molecule has 0 aliphatic carbocycles. The number of fused-ring (bicyclic) bond motifs is 1. The van der Waals surface area contributed by atoms with Gasteiger partial charge in [-0.1, -0.05) is 12.1 Å². The van der Waals surface area contributed by atoms with Gasteiger partial charge in [-0.15, -0.1) is 0 Å². The molecular weight excluding hydrogens is 544 g/mol. The van der Waals surface area contributed by atoms with E-state index in [0.717, 1.165) is 35.7 Å². The van der Waals surface area contributed by atoms with Crippen LogP contribution >= 0.6 is 0 Å². The predicted molar refractivity (Wildman–Crippen MR) is 148 cm³/mol. The SMILES string of the molecule is CCN1/C(=C\C=N)C(C)(Cc2ccc(F)cc2)c2cc(OC)ccc21.COC(=O)c1ccc(C(=N)O)cc1.[Co]. The maximum Gasteiger partial charge on any atom is 0.337 e. The molecule has 3 N–H and O–H groups in total. The summed E-state index contributed by atoms with van der Waals surface area (Å²) in [5.74, 6) is -0.364. The molecule has 1 heterocycles. The number of rotatable bonds is 7. The number of hydrogen-bond donors (Lipinski definition) is 3. The van der Waals surface area contributed by atoms with E-state index in [-0.39, 0.29) is 28.0 Å². The second kappa shape index (κ2) is 13.7. The van der Waals surface area contributed by atoms with Crippen LogP contribution < -0.4 is 9.64 Å². The van der Waals surface area contributed by atoms with E-state index in [1.807, 2.05) is 24.3 Å². The standard InChI is InChI=1S/C21H23FN2O.C9H9NO3.Co/c1-4-24-19-10-9-17(25-3)13-18(19)21(2,20(24)11-12-23)14-15-5-7-16(22)8-6-15;1-13-9(12)7-4-2-6(3-5-7)8(10)11;/h5-13,23H,4,14H2,1-3H3;2-5H,1H3,(H2,10,11);/b20-11-,23-12?;;. The van der Waals surface area contributed by atoms with Crippen LogP contribution in [0.25, 0.3) is 0 Å². The molecule has 4 rings (SSSR count). The predicted octanol–water partition coefficient (Wildman–Crippen LogP) is 6.06. The molecule has 0 fully saturated rings. The van der Waals surface area contributed by atoms with Crippen molar-refractivity contribution in [1.29, 1.82) is 10.8 Å². The summed E-state index contributed by atoms with van der Waals surface area (Å²) in [6.45, 7) is 5.10. The third-order valence-corrected chi connectivity index (χ3v) is 6.55. The van der Waals surface area contributed by atoms with Crippen molar-refractivity contribution in [2.24, 2.45) is 0 Å². The number of hydrogen-bond acceptors (Lipinski definition) is 6. The largest absolute Gasteiger partial charge is 0.497 e. The molecule has 207 valence electrons. The van der Waals surface area contributed by atoms with Crippen molar-refractivity contribution in [1.82, 2.24) is 0 Å². The average Bonchev–Trinajstić information content (AvgIpc) is 3.16. The molecule has 9 heteroatoms. The molecular formula is C30H32CoFN3O4. The second-order valence-corrected chi connectivity index (χ2v) is 8.90. The van der Waals surface area contributed by atoms with Crippen LogP contribution in [0.1, 0.15) is 40.9 Å². The van der Waals surface area contributed by atoms with Crippen LogP contribution in [0.2, 0.25) is 0 Å². The van der Waals surface area contributed by atoms with E-state index < -0.39 is 11.9 Å². The Bertz CT molecular complexity index is 1340. The van der Waals surface area contributed by atoms with Gasteiger partial charge in [-0.25, -0.2) is 9.18 Å². The van der Waals surface area contributed by atoms with Crippen molar-refractivity contribution in [3.05, 3.63) is 107 Å². The number of allylic oxidation sites excluding steroid dienone is 2. The van der Waals surface area contributed by atoms with Crippen LogP contribution in [0.15, 0.2) is 78.5 Å². The number of anilines is 1. The van der Waals surface area contributed by atoms with Gasteiger partial charge in [0.1, 0.15) is 11.6 Å². The first-order valence-electron chi connectivity index (χ1n) is 12.1. The molecule has 0 aromatic heterocycles. The Morgan fingerprint density at radius 3 is 2.18 bits per heavy atom. The number of carbonyl (C=O) groups is 1. The summed E-state index contributed by atoms with van der Waals surface area (Å²) in [6, 6.07) is 18.7. The summed E-state index contributed by atoms with van der Waals surface area (Å²) in [5, 5.41) is 23.3. The zero-order valence-electron chi connectivity index (χ0n) is 22.3. The quantitative estimate of drug-likeness (QED) is 0.180. The average molecular weight is 577 g/mol. The molecule has 0 amide bonds. The van der Waals surface area contributed by atoms with E-state index in [9.17, 15) is 9.18 Å². The van der Waals surface area contributed by atoms with Gasteiger partial charge in [-0.05, 0) is 92.1 Å². The zero-order chi connectivity index (χ0) is 27.9. The maximum absolute atomic E-state index is 13.3. The van der Waals surface area contributed by atoms with Crippen molar-refractivity contribution in [3.63, 3.8) is 0 Å². The van der Waals surface area contributed by atoms with Crippen LogP contribution in [0.3, 0.4) is 0 Å². The van der Waals surface area contributed by atoms with Crippen LogP contribution in [-0.2, 0) is 33.4 Å². The number of methoxy groups -OCH3 is 2. The number of aliphatic hydroxyl groups is 1. The minimum atomic E-state index is -0.517. The fourth-order valence-electron chi connectivity index (χ4n) is 4.66. The van der Waals surface area contributed by atoms with Gasteiger partial charge in [-0.2, -0.15) is 0 Å². The number of halogens is 1. The summed E-state index contributed by atoms with van der Waals surface area (Å²) in [5.41, 5.74) is 4.91. The number of nitrogens with zero attached hydrogens (tertiary/aromatic N) is 1. The summed E-state index contributed by atoms with van der Waals surface area (Å²) in [7, 11) is 2.96. The molecule has 0 spiro atoms. The fraction of sp³-hybridized carbons (Fsp3) is 0.233. The first kappa shape index (κ1) is 31.3. The summed E-state index contributed by atoms with van der Waals surface area (Å²) >= 11 is 0. The number of benzene rings is 3. The van der Waals surface area contributed by atoms with Gasteiger partial charge in [0.05, 0.1) is 19.8 Å². The Labute approximate surface area is 238 Å². The van der Waals surface area contributed by atoms with Crippen LogP contribution in [0.5, 0.6) is 5.75 Å². The second-order valence-electron chi connectivity index (χ2n) is 8.90. The van der Waals surface area contributed by atoms with Gasteiger partial charge < -0.3 is 24.9 Å². The molecule has 1 aliphatic heterocycles. The van der Waals surface area contributed by atoms with Crippen LogP contribution in [-0.4, -0.2) is 44.0 Å². The Morgan fingerprint density at radius 1 is 1.05 bits per heavy atom. The van der Waals surface area contributed by atoms with Gasteiger partial charge in [0.15, 0.2) is 0 Å². The maximum atomic E-state index is 13.3. The zero-order valence-corrected chi connectivity index (χ0v) is 23.3. The Hall–Kier alpha value is -3.95. The molecule has 7 nitrogen and oxygen atoms in total. The summed E-state index contributed by atoms with van der Waals surface area (Å²) in [4.78, 5) is 13.2. The van der Waals surface area contributed by atoms with E-state index in [0.29, 0.717) is 11.1 Å². The van der Waals surface area contributed by atoms with E-state index in [2.05, 4.69) is 35.6 Å². The Kier molecular flexibility index (Phi) is 11.0. The van der Waals surface area contributed by atoms with Crippen LogP contribution in [0.4, 0.5) is 10.1 Å². The van der Waals surface area contributed by atoms with Crippen molar-refractivity contribution in [2.45, 2.75) is 25.7 Å². The fourth-order valence-corrected chi connectivity index (χ4v) is 4.66. The Balaban J connectivity index is 0.000000324. The molecule has 39 heavy (non-hydrogen) atoms. The van der Waals surface area contributed by atoms with E-state index in [4.69, 9.17) is 20.7 Å². The molecule has 3 aromatic carbocycles. The number of carbonyl (C=O) groups excluding carboxylic acids is 1. The third kappa shape index (κ3) is 6.93. The van der Waals surface area contributed by atoms with Crippen molar-refractivity contribution in [2.75, 3.05) is 25.7 Å². The monoisotopic (exact) mass is 576 g/mol. The van der Waals surface area contributed by atoms with E-state index >= 15 is 0 Å². The minimum absolute atomic E-state index is 0. The first-order chi connectivity index (χ1) is 18.2. The normalized spacial score (nSPS) is 16.3. The molecule has 0 bridgehead atoms. The molecule has 0 saturated carbocycles. The van der Waals surface area contributed by atoms with Gasteiger partial charge in [0.2, 0.25) is 5.90 Å². The van der Waals surface area contributed by atoms with Gasteiger partial charge in [0.25, 0.3) is 0 Å². The molecule has 1 unspecified atom stereocenters. The van der Waals surface area contributed by atoms with Gasteiger partial charge in [0, 0.05) is 51.9 Å². The van der Waals surface area contributed by atoms with Crippen molar-refractivity contribution >= 4 is 23.8 Å². The summed E-state index contributed by atoms with van der Waals surface area (Å²) < 4.78 is 23.2. The van der Waals surface area contributed by atoms with Crippen molar-refractivity contribution in [3.8, 4) is 5.75 Å². The van der Waals surface area contributed by atoms with Gasteiger partial charge >= 0.3 is 5.97 Å². The smallest absolute Gasteiger partial charge is 0.337 e. The molecule has 1 aliphatic rings. The number of ether oxygens (including phenoxy) is 2. The van der Waals surface area contributed by atoms with E-state index in [1.54, 1.807) is 7.11 Å². The number of aliphatic hydroxyl groups excluding tert-OH is 1. The Morgan fingerprint density at radius 2 is 1.67 bits per heavy atom. The van der Waals surface area contributed by atoms with Gasteiger partial charge in [-0.3, -0.25) is 5.41 Å². The number of likely N-dealkylation sites (N-methyl/N-ethyl adjacent to an activating group) is 1. The molecule has 3 aromatic rings. The van der Waals surface area contributed by atoms with E-state index in [1.165, 1.54) is 55.3 Å². The summed E-state index contributed by atoms with van der Waals surface area (Å²) in [6.07, 6.45) is 3.92.